The molecule has 0 unspecified atom stereocenters. The molecular weight excluding hydrogens is 248 g/mol. The lowest BCUT2D eigenvalue weighted by molar-refractivity contribution is 0.247. The van der Waals surface area contributed by atoms with E-state index in [9.17, 15) is 0 Å². The average molecular weight is 267 g/mol. The molecule has 0 bridgehead atoms. The van der Waals surface area contributed by atoms with Gasteiger partial charge in [0.25, 0.3) is 0 Å². The fraction of sp³-hybridized carbons (Fsp3) is 0.615. The molecular formula is C13H19ClN4. The fourth-order valence-electron chi connectivity index (χ4n) is 2.50. The Morgan fingerprint density at radius 3 is 2.61 bits per heavy atom. The third-order valence-corrected chi connectivity index (χ3v) is 3.97. The fourth-order valence-corrected chi connectivity index (χ4v) is 2.64. The first-order valence-corrected chi connectivity index (χ1v) is 6.99. The quantitative estimate of drug-likeness (QED) is 0.848. The van der Waals surface area contributed by atoms with E-state index in [-0.39, 0.29) is 0 Å². The number of hydrogen-bond donors (Lipinski definition) is 1. The SMILES string of the molecule is Nc1ccc(Cl)nc1N1CCN(CC2CC2)CC1. The van der Waals surface area contributed by atoms with E-state index in [1.807, 2.05) is 6.07 Å². The van der Waals surface area contributed by atoms with Gasteiger partial charge in [0, 0.05) is 32.7 Å². The minimum Gasteiger partial charge on any atom is -0.396 e. The predicted molar refractivity (Wildman–Crippen MR) is 75.0 cm³/mol. The zero-order valence-electron chi connectivity index (χ0n) is 10.5. The van der Waals surface area contributed by atoms with Gasteiger partial charge in [-0.3, -0.25) is 4.90 Å². The van der Waals surface area contributed by atoms with Crippen molar-refractivity contribution in [1.29, 1.82) is 0 Å². The van der Waals surface area contributed by atoms with Crippen molar-refractivity contribution in [3.63, 3.8) is 0 Å². The van der Waals surface area contributed by atoms with Gasteiger partial charge in [0.15, 0.2) is 5.82 Å². The number of halogens is 1. The van der Waals surface area contributed by atoms with Crippen LogP contribution < -0.4 is 10.6 Å². The summed E-state index contributed by atoms with van der Waals surface area (Å²) in [6, 6.07) is 3.57. The Morgan fingerprint density at radius 2 is 1.94 bits per heavy atom. The molecule has 1 aliphatic heterocycles. The van der Waals surface area contributed by atoms with Gasteiger partial charge in [-0.1, -0.05) is 11.6 Å². The number of aromatic nitrogens is 1. The first kappa shape index (κ1) is 12.1. The molecule has 0 radical (unpaired) electrons. The number of pyridine rings is 1. The van der Waals surface area contributed by atoms with Gasteiger partial charge in [-0.2, -0.15) is 0 Å². The highest BCUT2D eigenvalue weighted by atomic mass is 35.5. The molecule has 2 N–H and O–H groups in total. The number of nitrogens with zero attached hydrogens (tertiary/aromatic N) is 3. The Morgan fingerprint density at radius 1 is 1.22 bits per heavy atom. The maximum atomic E-state index is 5.97. The van der Waals surface area contributed by atoms with E-state index in [4.69, 9.17) is 17.3 Å². The molecule has 2 heterocycles. The predicted octanol–water partition coefficient (Wildman–Crippen LogP) is 1.85. The van der Waals surface area contributed by atoms with E-state index in [1.54, 1.807) is 6.07 Å². The Labute approximate surface area is 113 Å². The van der Waals surface area contributed by atoms with E-state index in [0.717, 1.165) is 43.6 Å². The lowest BCUT2D eigenvalue weighted by Crippen LogP contribution is -2.47. The van der Waals surface area contributed by atoms with Crippen molar-refractivity contribution < 1.29 is 0 Å². The van der Waals surface area contributed by atoms with E-state index in [2.05, 4.69) is 14.8 Å². The Bertz CT molecular complexity index is 425. The van der Waals surface area contributed by atoms with Gasteiger partial charge in [-0.15, -0.1) is 0 Å². The van der Waals surface area contributed by atoms with Gasteiger partial charge in [0.1, 0.15) is 5.15 Å². The lowest BCUT2D eigenvalue weighted by Gasteiger charge is -2.35. The van der Waals surface area contributed by atoms with E-state index in [1.165, 1.54) is 19.4 Å². The van der Waals surface area contributed by atoms with E-state index in [0.29, 0.717) is 5.15 Å². The van der Waals surface area contributed by atoms with Gasteiger partial charge in [0.2, 0.25) is 0 Å². The van der Waals surface area contributed by atoms with Crippen LogP contribution >= 0.6 is 11.6 Å². The maximum absolute atomic E-state index is 5.97. The van der Waals surface area contributed by atoms with Gasteiger partial charge >= 0.3 is 0 Å². The van der Waals surface area contributed by atoms with Gasteiger partial charge in [0.05, 0.1) is 5.69 Å². The first-order chi connectivity index (χ1) is 8.72. The molecule has 1 saturated heterocycles. The topological polar surface area (TPSA) is 45.4 Å². The molecule has 0 aromatic carbocycles. The highest BCUT2D eigenvalue weighted by Gasteiger charge is 2.27. The molecule has 3 rings (SSSR count). The number of hydrogen-bond acceptors (Lipinski definition) is 4. The van der Waals surface area contributed by atoms with Crippen LogP contribution in [0.2, 0.25) is 5.15 Å². The zero-order valence-corrected chi connectivity index (χ0v) is 11.2. The summed E-state index contributed by atoms with van der Waals surface area (Å²) in [5.41, 5.74) is 6.69. The van der Waals surface area contributed by atoms with Crippen LogP contribution in [0.5, 0.6) is 0 Å². The second-order valence-electron chi connectivity index (χ2n) is 5.28. The second-order valence-corrected chi connectivity index (χ2v) is 5.67. The number of nitrogen functional groups attached to an aromatic ring is 1. The number of nitrogens with two attached hydrogens (primary N) is 1. The third-order valence-electron chi connectivity index (χ3n) is 3.76. The molecule has 98 valence electrons. The Balaban J connectivity index is 1.62. The summed E-state index contributed by atoms with van der Waals surface area (Å²) in [7, 11) is 0. The van der Waals surface area contributed by atoms with Crippen LogP contribution in [0.25, 0.3) is 0 Å². The number of piperazine rings is 1. The highest BCUT2D eigenvalue weighted by molar-refractivity contribution is 6.29. The minimum atomic E-state index is 0.514. The first-order valence-electron chi connectivity index (χ1n) is 6.62. The molecule has 18 heavy (non-hydrogen) atoms. The third kappa shape index (κ3) is 2.70. The van der Waals surface area contributed by atoms with Crippen LogP contribution in [0.15, 0.2) is 12.1 Å². The molecule has 4 nitrogen and oxygen atoms in total. The monoisotopic (exact) mass is 266 g/mol. The molecule has 5 heteroatoms. The molecule has 1 aromatic heterocycles. The van der Waals surface area contributed by atoms with Crippen molar-refractivity contribution in [2.45, 2.75) is 12.8 Å². The van der Waals surface area contributed by atoms with Crippen molar-refractivity contribution in [3.8, 4) is 0 Å². The van der Waals surface area contributed by atoms with Crippen LogP contribution in [-0.4, -0.2) is 42.6 Å². The molecule has 0 amide bonds. The summed E-state index contributed by atoms with van der Waals surface area (Å²) >= 11 is 5.94. The van der Waals surface area contributed by atoms with Crippen molar-refractivity contribution >= 4 is 23.1 Å². The molecule has 2 fully saturated rings. The maximum Gasteiger partial charge on any atom is 0.153 e. The molecule has 2 aliphatic rings. The summed E-state index contributed by atoms with van der Waals surface area (Å²) in [4.78, 5) is 9.13. The number of rotatable bonds is 3. The van der Waals surface area contributed by atoms with Crippen molar-refractivity contribution in [1.82, 2.24) is 9.88 Å². The van der Waals surface area contributed by atoms with Crippen LogP contribution in [0.1, 0.15) is 12.8 Å². The van der Waals surface area contributed by atoms with Crippen molar-refractivity contribution in [2.24, 2.45) is 5.92 Å². The summed E-state index contributed by atoms with van der Waals surface area (Å²) in [5.74, 6) is 1.81. The van der Waals surface area contributed by atoms with Crippen molar-refractivity contribution in [2.75, 3.05) is 43.4 Å². The summed E-state index contributed by atoms with van der Waals surface area (Å²) < 4.78 is 0. The zero-order chi connectivity index (χ0) is 12.5. The van der Waals surface area contributed by atoms with Gasteiger partial charge < -0.3 is 10.6 Å². The lowest BCUT2D eigenvalue weighted by atomic mass is 10.2. The molecule has 1 aliphatic carbocycles. The summed E-state index contributed by atoms with van der Waals surface area (Å²) in [5, 5.41) is 0.514. The Kier molecular flexibility index (Phi) is 3.31. The molecule has 1 aromatic rings. The van der Waals surface area contributed by atoms with Crippen LogP contribution in [0, 0.1) is 5.92 Å². The van der Waals surface area contributed by atoms with Gasteiger partial charge in [-0.25, -0.2) is 4.98 Å². The van der Waals surface area contributed by atoms with E-state index >= 15 is 0 Å². The van der Waals surface area contributed by atoms with E-state index < -0.39 is 0 Å². The Hall–Kier alpha value is -1.00. The molecule has 0 spiro atoms. The van der Waals surface area contributed by atoms with Crippen LogP contribution in [0.4, 0.5) is 11.5 Å². The van der Waals surface area contributed by atoms with Crippen molar-refractivity contribution in [3.05, 3.63) is 17.3 Å². The molecule has 0 atom stereocenters. The number of anilines is 2. The standard InChI is InChI=1S/C13H19ClN4/c14-12-4-3-11(15)13(16-12)18-7-5-17(6-8-18)9-10-1-2-10/h3-4,10H,1-2,5-9,15H2. The van der Waals surface area contributed by atoms with Crippen LogP contribution in [0.3, 0.4) is 0 Å². The minimum absolute atomic E-state index is 0.514. The smallest absolute Gasteiger partial charge is 0.153 e. The summed E-state index contributed by atoms with van der Waals surface area (Å²) in [6.45, 7) is 5.45. The summed E-state index contributed by atoms with van der Waals surface area (Å²) in [6.07, 6.45) is 2.84. The van der Waals surface area contributed by atoms with Gasteiger partial charge in [-0.05, 0) is 30.9 Å². The molecule has 1 saturated carbocycles. The largest absolute Gasteiger partial charge is 0.396 e. The highest BCUT2D eigenvalue weighted by Crippen LogP contribution is 2.30. The second kappa shape index (κ2) is 4.94. The van der Waals surface area contributed by atoms with Crippen LogP contribution in [-0.2, 0) is 0 Å². The normalized spacial score (nSPS) is 21.3. The average Bonchev–Trinajstić information content (AvgIpc) is 3.17.